The van der Waals surface area contributed by atoms with E-state index in [1.54, 1.807) is 0 Å². The fourth-order valence-electron chi connectivity index (χ4n) is 5.31. The zero-order valence-electron chi connectivity index (χ0n) is 20.0. The van der Waals surface area contributed by atoms with Crippen molar-refractivity contribution in [3.8, 4) is 22.6 Å². The summed E-state index contributed by atoms with van der Waals surface area (Å²) in [6.45, 7) is 4.98. The van der Waals surface area contributed by atoms with E-state index in [9.17, 15) is 0 Å². The highest BCUT2D eigenvalue weighted by atomic mass is 35.5. The maximum atomic E-state index is 6.49. The van der Waals surface area contributed by atoms with Crippen molar-refractivity contribution in [1.29, 1.82) is 0 Å². The first-order valence-corrected chi connectivity index (χ1v) is 12.9. The summed E-state index contributed by atoms with van der Waals surface area (Å²) in [5.41, 5.74) is 5.77. The molecule has 1 saturated carbocycles. The van der Waals surface area contributed by atoms with Crippen LogP contribution in [0.4, 0.5) is 5.82 Å². The van der Waals surface area contributed by atoms with E-state index in [0.29, 0.717) is 22.8 Å². The summed E-state index contributed by atoms with van der Waals surface area (Å²) in [6.07, 6.45) is 8.12. The van der Waals surface area contributed by atoms with Crippen LogP contribution < -0.4 is 10.2 Å². The van der Waals surface area contributed by atoms with Crippen molar-refractivity contribution >= 4 is 39.4 Å². The number of aromatic nitrogens is 5. The second kappa shape index (κ2) is 8.54. The predicted octanol–water partition coefficient (Wildman–Crippen LogP) is 5.56. The summed E-state index contributed by atoms with van der Waals surface area (Å²) in [5.74, 6) is 2.26. The third-order valence-corrected chi connectivity index (χ3v) is 7.57. The van der Waals surface area contributed by atoms with Crippen LogP contribution in [-0.4, -0.2) is 50.6 Å². The van der Waals surface area contributed by atoms with Crippen LogP contribution in [0.15, 0.2) is 55.0 Å². The van der Waals surface area contributed by atoms with E-state index < -0.39 is 0 Å². The van der Waals surface area contributed by atoms with Gasteiger partial charge in [-0.1, -0.05) is 29.8 Å². The molecule has 1 saturated heterocycles. The molecule has 8 heteroatoms. The lowest BCUT2D eigenvalue weighted by atomic mass is 10.1. The maximum Gasteiger partial charge on any atom is 0.163 e. The Kier molecular flexibility index (Phi) is 5.15. The minimum atomic E-state index is 0.397. The van der Waals surface area contributed by atoms with Crippen LogP contribution in [0.3, 0.4) is 0 Å². The van der Waals surface area contributed by atoms with E-state index in [4.69, 9.17) is 21.6 Å². The number of halogens is 1. The van der Waals surface area contributed by atoms with E-state index in [1.165, 1.54) is 18.4 Å². The van der Waals surface area contributed by atoms with Gasteiger partial charge in [-0.25, -0.2) is 15.0 Å². The minimum Gasteiger partial charge on any atom is -0.353 e. The van der Waals surface area contributed by atoms with Gasteiger partial charge < -0.3 is 15.2 Å². The Morgan fingerprint density at radius 1 is 1.06 bits per heavy atom. The number of nitrogens with zero attached hydrogens (tertiary/aromatic N) is 5. The zero-order chi connectivity index (χ0) is 24.2. The normalized spacial score (nSPS) is 18.3. The van der Waals surface area contributed by atoms with E-state index in [1.807, 2.05) is 48.9 Å². The van der Waals surface area contributed by atoms with Crippen molar-refractivity contribution in [1.82, 2.24) is 30.2 Å². The summed E-state index contributed by atoms with van der Waals surface area (Å²) < 4.78 is 0. The number of fused-ring (bicyclic) bond motifs is 2. The van der Waals surface area contributed by atoms with Gasteiger partial charge in [0.05, 0.1) is 11.7 Å². The number of hydrogen-bond donors (Lipinski definition) is 2. The van der Waals surface area contributed by atoms with Gasteiger partial charge in [-0.05, 0) is 49.4 Å². The van der Waals surface area contributed by atoms with Crippen molar-refractivity contribution in [2.75, 3.05) is 24.5 Å². The quantitative estimate of drug-likeness (QED) is 0.339. The molecule has 2 aliphatic rings. The molecule has 0 amide bonds. The number of aromatic amines is 1. The van der Waals surface area contributed by atoms with Gasteiger partial charge >= 0.3 is 0 Å². The average Bonchev–Trinajstić information content (AvgIpc) is 3.65. The Morgan fingerprint density at radius 3 is 2.78 bits per heavy atom. The molecule has 0 radical (unpaired) electrons. The Hall–Kier alpha value is -3.55. The molecule has 36 heavy (non-hydrogen) atoms. The largest absolute Gasteiger partial charge is 0.353 e. The average molecular weight is 496 g/mol. The minimum absolute atomic E-state index is 0.397. The third kappa shape index (κ3) is 3.70. The van der Waals surface area contributed by atoms with E-state index in [-0.39, 0.29) is 0 Å². The summed E-state index contributed by atoms with van der Waals surface area (Å²) in [7, 11) is 0. The van der Waals surface area contributed by atoms with Gasteiger partial charge in [-0.15, -0.1) is 0 Å². The van der Waals surface area contributed by atoms with Crippen LogP contribution >= 0.6 is 11.6 Å². The van der Waals surface area contributed by atoms with Crippen LogP contribution in [0.25, 0.3) is 44.6 Å². The third-order valence-electron chi connectivity index (χ3n) is 7.24. The molecule has 1 unspecified atom stereocenters. The SMILES string of the molecule is CC1CN(c2nc(-c3ccnc4[nH]c(-c5ccccc5Cl)cc34)nc3cncc(C4CC4)c23)CCN1. The monoisotopic (exact) mass is 495 g/mol. The Labute approximate surface area is 214 Å². The van der Waals surface area contributed by atoms with E-state index in [0.717, 1.165) is 64.2 Å². The van der Waals surface area contributed by atoms with Crippen LogP contribution in [0.2, 0.25) is 5.02 Å². The summed E-state index contributed by atoms with van der Waals surface area (Å²) in [5, 5.41) is 6.37. The number of hydrogen-bond acceptors (Lipinski definition) is 6. The van der Waals surface area contributed by atoms with E-state index in [2.05, 4.69) is 38.2 Å². The maximum absolute atomic E-state index is 6.49. The van der Waals surface area contributed by atoms with Gasteiger partial charge in [0.1, 0.15) is 11.5 Å². The molecule has 1 aliphatic carbocycles. The van der Waals surface area contributed by atoms with Crippen LogP contribution in [-0.2, 0) is 0 Å². The van der Waals surface area contributed by atoms with Crippen LogP contribution in [0.1, 0.15) is 31.2 Å². The molecule has 7 rings (SSSR count). The van der Waals surface area contributed by atoms with Crippen molar-refractivity contribution in [3.05, 3.63) is 65.6 Å². The Bertz CT molecular complexity index is 1610. The number of anilines is 1. The highest BCUT2D eigenvalue weighted by Crippen LogP contribution is 2.45. The van der Waals surface area contributed by atoms with Gasteiger partial charge in [-0.3, -0.25) is 4.98 Å². The number of nitrogens with one attached hydrogen (secondary N) is 2. The lowest BCUT2D eigenvalue weighted by Gasteiger charge is -2.33. The molecule has 2 N–H and O–H groups in total. The molecule has 0 spiro atoms. The molecule has 1 aliphatic heterocycles. The van der Waals surface area contributed by atoms with Crippen molar-refractivity contribution in [3.63, 3.8) is 0 Å². The van der Waals surface area contributed by atoms with Crippen LogP contribution in [0.5, 0.6) is 0 Å². The molecule has 5 heterocycles. The van der Waals surface area contributed by atoms with Crippen LogP contribution in [0, 0.1) is 0 Å². The highest BCUT2D eigenvalue weighted by Gasteiger charge is 2.30. The standard InChI is InChI=1S/C28H26ClN7/c1-16-15-36(11-10-31-16)28-25-21(17-6-7-17)13-30-14-24(25)34-27(35-28)18-8-9-32-26-20(18)12-23(33-26)19-4-2-3-5-22(19)29/h2-5,8-9,12-14,16-17,31H,6-7,10-11,15H2,1H3,(H,32,33). The first kappa shape index (κ1) is 21.7. The number of pyridine rings is 2. The highest BCUT2D eigenvalue weighted by molar-refractivity contribution is 6.33. The predicted molar refractivity (Wildman–Crippen MR) is 145 cm³/mol. The molecule has 7 nitrogen and oxygen atoms in total. The Morgan fingerprint density at radius 2 is 1.94 bits per heavy atom. The molecule has 1 atom stereocenters. The fourth-order valence-corrected chi connectivity index (χ4v) is 5.55. The Balaban J connectivity index is 1.43. The molecule has 180 valence electrons. The molecule has 2 fully saturated rings. The summed E-state index contributed by atoms with van der Waals surface area (Å²) >= 11 is 6.49. The number of rotatable bonds is 4. The molecular formula is C28H26ClN7. The van der Waals surface area contributed by atoms with Crippen molar-refractivity contribution in [2.24, 2.45) is 0 Å². The first-order valence-electron chi connectivity index (χ1n) is 12.5. The van der Waals surface area contributed by atoms with Crippen molar-refractivity contribution < 1.29 is 0 Å². The first-order chi connectivity index (χ1) is 17.7. The van der Waals surface area contributed by atoms with Crippen molar-refractivity contribution in [2.45, 2.75) is 31.7 Å². The topological polar surface area (TPSA) is 82.6 Å². The van der Waals surface area contributed by atoms with Gasteiger partial charge in [0.25, 0.3) is 0 Å². The summed E-state index contributed by atoms with van der Waals surface area (Å²) in [6, 6.07) is 12.3. The van der Waals surface area contributed by atoms with Gasteiger partial charge in [0.15, 0.2) is 5.82 Å². The lowest BCUT2D eigenvalue weighted by molar-refractivity contribution is 0.483. The van der Waals surface area contributed by atoms with Gasteiger partial charge in [0.2, 0.25) is 0 Å². The fraction of sp³-hybridized carbons (Fsp3) is 0.286. The molecule has 0 bridgehead atoms. The smallest absolute Gasteiger partial charge is 0.163 e. The molecule has 5 aromatic rings. The molecule has 4 aromatic heterocycles. The second-order valence-electron chi connectivity index (χ2n) is 9.85. The van der Waals surface area contributed by atoms with Gasteiger partial charge in [-0.2, -0.15) is 0 Å². The number of piperazine rings is 1. The zero-order valence-corrected chi connectivity index (χ0v) is 20.8. The molecular weight excluding hydrogens is 470 g/mol. The van der Waals surface area contributed by atoms with E-state index >= 15 is 0 Å². The summed E-state index contributed by atoms with van der Waals surface area (Å²) in [4.78, 5) is 25.3. The number of benzene rings is 1. The second-order valence-corrected chi connectivity index (χ2v) is 10.3. The molecule has 1 aromatic carbocycles. The van der Waals surface area contributed by atoms with Gasteiger partial charge in [0, 0.05) is 70.7 Å². The lowest BCUT2D eigenvalue weighted by Crippen LogP contribution is -2.49. The number of H-pyrrole nitrogens is 1.